The molecule has 4 heterocycles. The maximum Gasteiger partial charge on any atom is 0.280 e. The Hall–Kier alpha value is -2.46. The number of halogens is 1. The summed E-state index contributed by atoms with van der Waals surface area (Å²) in [7, 11) is 0. The van der Waals surface area contributed by atoms with Gasteiger partial charge in [-0.2, -0.15) is 0 Å². The van der Waals surface area contributed by atoms with E-state index in [0.29, 0.717) is 22.3 Å². The number of carbonyl (C=O) groups is 2. The second kappa shape index (κ2) is 8.58. The van der Waals surface area contributed by atoms with Crippen molar-refractivity contribution >= 4 is 45.7 Å². The molecule has 0 spiro atoms. The van der Waals surface area contributed by atoms with Crippen molar-refractivity contribution in [3.8, 4) is 0 Å². The third kappa shape index (κ3) is 4.31. The Balaban J connectivity index is 1.28. The molecule has 1 aromatic carbocycles. The van der Waals surface area contributed by atoms with Crippen LogP contribution in [0.3, 0.4) is 0 Å². The highest BCUT2D eigenvalue weighted by molar-refractivity contribution is 7.13. The number of carbonyl (C=O) groups excluding carboxylic acids is 2. The van der Waals surface area contributed by atoms with Crippen LogP contribution < -0.4 is 21.3 Å². The number of fused-ring (bicyclic) bond motifs is 2. The highest BCUT2D eigenvalue weighted by atomic mass is 35.5. The number of benzene rings is 1. The van der Waals surface area contributed by atoms with Gasteiger partial charge in [-0.1, -0.05) is 11.6 Å². The van der Waals surface area contributed by atoms with E-state index in [4.69, 9.17) is 11.6 Å². The first-order valence-corrected chi connectivity index (χ1v) is 11.6. The Bertz CT molecular complexity index is 1120. The number of aromatic amines is 1. The van der Waals surface area contributed by atoms with E-state index in [9.17, 15) is 9.59 Å². The minimum atomic E-state index is -0.219. The van der Waals surface area contributed by atoms with Crippen LogP contribution in [0.2, 0.25) is 5.02 Å². The van der Waals surface area contributed by atoms with Crippen LogP contribution in [0.5, 0.6) is 0 Å². The summed E-state index contributed by atoms with van der Waals surface area (Å²) < 4.78 is 0. The van der Waals surface area contributed by atoms with E-state index >= 15 is 0 Å². The van der Waals surface area contributed by atoms with Gasteiger partial charge in [-0.15, -0.1) is 11.3 Å². The van der Waals surface area contributed by atoms with E-state index in [1.807, 2.05) is 12.1 Å². The maximum atomic E-state index is 12.9. The average molecular weight is 459 g/mol. The van der Waals surface area contributed by atoms with Crippen LogP contribution in [-0.4, -0.2) is 53.5 Å². The molecule has 1 fully saturated rings. The molecule has 8 nitrogen and oxygen atoms in total. The van der Waals surface area contributed by atoms with Crippen molar-refractivity contribution in [3.63, 3.8) is 0 Å². The normalized spacial score (nSPS) is 20.9. The van der Waals surface area contributed by atoms with E-state index in [0.717, 1.165) is 53.9 Å². The lowest BCUT2D eigenvalue weighted by atomic mass is 10.0. The Kier molecular flexibility index (Phi) is 5.66. The number of aromatic nitrogens is 2. The van der Waals surface area contributed by atoms with Gasteiger partial charge in [-0.25, -0.2) is 4.98 Å². The van der Waals surface area contributed by atoms with Crippen LogP contribution in [0.15, 0.2) is 24.3 Å². The summed E-state index contributed by atoms with van der Waals surface area (Å²) in [4.78, 5) is 34.5. The topological polar surface area (TPSA) is 111 Å². The van der Waals surface area contributed by atoms with E-state index in [1.54, 1.807) is 12.1 Å². The van der Waals surface area contributed by atoms with Crippen LogP contribution in [0.4, 0.5) is 0 Å². The zero-order valence-corrected chi connectivity index (χ0v) is 18.3. The van der Waals surface area contributed by atoms with Crippen LogP contribution >= 0.6 is 22.9 Å². The molecule has 2 aliphatic heterocycles. The zero-order chi connectivity index (χ0) is 21.4. The van der Waals surface area contributed by atoms with Gasteiger partial charge in [0.2, 0.25) is 0 Å². The van der Waals surface area contributed by atoms with Crippen molar-refractivity contribution < 1.29 is 9.59 Å². The van der Waals surface area contributed by atoms with Gasteiger partial charge in [-0.05, 0) is 37.2 Å². The minimum absolute atomic E-state index is 0.177. The molecule has 0 bridgehead atoms. The molecular formula is C21H23ClN6O2S. The minimum Gasteiger partial charge on any atom is -0.351 e. The predicted octanol–water partition coefficient (Wildman–Crippen LogP) is 1.81. The molecular weight excluding hydrogens is 436 g/mol. The number of rotatable bonds is 4. The average Bonchev–Trinajstić information content (AvgIpc) is 3.39. The summed E-state index contributed by atoms with van der Waals surface area (Å²) in [6.45, 7) is 3.01. The quantitative estimate of drug-likeness (QED) is 0.409. The van der Waals surface area contributed by atoms with Crippen LogP contribution in [-0.2, 0) is 13.0 Å². The zero-order valence-electron chi connectivity index (χ0n) is 16.8. The molecule has 10 heteroatoms. The van der Waals surface area contributed by atoms with E-state index in [-0.39, 0.29) is 23.9 Å². The number of amides is 2. The van der Waals surface area contributed by atoms with Crippen LogP contribution in [0.1, 0.15) is 37.3 Å². The van der Waals surface area contributed by atoms with Gasteiger partial charge in [0.05, 0.1) is 17.8 Å². The number of hydrogen-bond acceptors (Lipinski definition) is 6. The monoisotopic (exact) mass is 458 g/mol. The van der Waals surface area contributed by atoms with Gasteiger partial charge in [-0.3, -0.25) is 9.59 Å². The second-order valence-electron chi connectivity index (χ2n) is 7.88. The fourth-order valence-electron chi connectivity index (χ4n) is 4.11. The predicted molar refractivity (Wildman–Crippen MR) is 121 cm³/mol. The maximum absolute atomic E-state index is 12.9. The molecule has 31 heavy (non-hydrogen) atoms. The smallest absolute Gasteiger partial charge is 0.280 e. The molecule has 3 aromatic rings. The molecule has 0 radical (unpaired) electrons. The number of H-pyrrole nitrogens is 1. The second-order valence-corrected chi connectivity index (χ2v) is 9.40. The molecule has 2 aliphatic rings. The molecule has 162 valence electrons. The van der Waals surface area contributed by atoms with Crippen LogP contribution in [0.25, 0.3) is 10.9 Å². The number of piperidine rings is 1. The van der Waals surface area contributed by atoms with Crippen LogP contribution in [0, 0.1) is 0 Å². The van der Waals surface area contributed by atoms with Crippen molar-refractivity contribution in [3.05, 3.63) is 50.6 Å². The first kappa shape index (κ1) is 20.4. The molecule has 0 saturated carbocycles. The van der Waals surface area contributed by atoms with Gasteiger partial charge >= 0.3 is 0 Å². The van der Waals surface area contributed by atoms with Crippen molar-refractivity contribution in [2.24, 2.45) is 0 Å². The number of hydrogen-bond donors (Lipinski definition) is 5. The standard InChI is InChI=1S/C21H23ClN6O2S/c22-12-1-2-13-11(7-12)8-16(25-13)19(29)26-14-3-5-23-9-17(14)27-20(30)21-28-15-4-6-24-10-18(15)31-21/h1-2,7-8,14,17,23-25H,3-6,9-10H2,(H,26,29)(H,27,30)/t14-,17+/m0/s1. The molecule has 0 unspecified atom stereocenters. The van der Waals surface area contributed by atoms with Gasteiger partial charge < -0.3 is 26.3 Å². The summed E-state index contributed by atoms with van der Waals surface area (Å²) >= 11 is 7.48. The van der Waals surface area contributed by atoms with E-state index in [2.05, 4.69) is 31.2 Å². The number of thiazole rings is 1. The summed E-state index contributed by atoms with van der Waals surface area (Å²) in [5.74, 6) is -0.387. The Morgan fingerprint density at radius 1 is 1.10 bits per heavy atom. The fraction of sp³-hybridized carbons (Fsp3) is 0.381. The van der Waals surface area contributed by atoms with Crippen molar-refractivity contribution in [2.75, 3.05) is 19.6 Å². The highest BCUT2D eigenvalue weighted by Crippen LogP contribution is 2.22. The Morgan fingerprint density at radius 3 is 2.84 bits per heavy atom. The number of nitrogens with zero attached hydrogens (tertiary/aromatic N) is 1. The van der Waals surface area contributed by atoms with Crippen molar-refractivity contribution in [1.82, 2.24) is 31.2 Å². The van der Waals surface area contributed by atoms with Gasteiger partial charge in [0, 0.05) is 46.9 Å². The van der Waals surface area contributed by atoms with Gasteiger partial charge in [0.25, 0.3) is 11.8 Å². The lowest BCUT2D eigenvalue weighted by molar-refractivity contribution is 0.0866. The first-order chi connectivity index (χ1) is 15.1. The lowest BCUT2D eigenvalue weighted by Crippen LogP contribution is -2.59. The lowest BCUT2D eigenvalue weighted by Gasteiger charge is -2.33. The molecule has 2 atom stereocenters. The summed E-state index contributed by atoms with van der Waals surface area (Å²) in [5, 5.41) is 14.7. The van der Waals surface area contributed by atoms with Crippen molar-refractivity contribution in [1.29, 1.82) is 0 Å². The summed E-state index contributed by atoms with van der Waals surface area (Å²) in [6, 6.07) is 6.85. The fourth-order valence-corrected chi connectivity index (χ4v) is 5.27. The van der Waals surface area contributed by atoms with Crippen molar-refractivity contribution in [2.45, 2.75) is 31.5 Å². The Morgan fingerprint density at radius 2 is 1.97 bits per heavy atom. The summed E-state index contributed by atoms with van der Waals surface area (Å²) in [5.41, 5.74) is 2.34. The Labute approximate surface area is 188 Å². The van der Waals surface area contributed by atoms with Gasteiger partial charge in [0.15, 0.2) is 5.01 Å². The SMILES string of the molecule is O=C(N[C@H]1CCNC[C@H]1NC(=O)c1nc2c(s1)CNCC2)c1cc2cc(Cl)ccc2[nH]1. The molecule has 0 aliphatic carbocycles. The summed E-state index contributed by atoms with van der Waals surface area (Å²) in [6.07, 6.45) is 1.57. The third-order valence-corrected chi connectivity index (χ3v) is 7.07. The molecule has 2 amide bonds. The number of nitrogens with one attached hydrogen (secondary N) is 5. The highest BCUT2D eigenvalue weighted by Gasteiger charge is 2.30. The first-order valence-electron chi connectivity index (χ1n) is 10.4. The molecule has 1 saturated heterocycles. The third-order valence-electron chi connectivity index (χ3n) is 5.74. The van der Waals surface area contributed by atoms with E-state index < -0.39 is 0 Å². The largest absolute Gasteiger partial charge is 0.351 e. The van der Waals surface area contributed by atoms with Gasteiger partial charge in [0.1, 0.15) is 5.69 Å². The molecule has 5 N–H and O–H groups in total. The molecule has 2 aromatic heterocycles. The van der Waals surface area contributed by atoms with E-state index in [1.165, 1.54) is 11.3 Å². The molecule has 5 rings (SSSR count).